The molecular weight excluding hydrogens is 398 g/mol. The van der Waals surface area contributed by atoms with Crippen molar-refractivity contribution in [3.05, 3.63) is 30.3 Å². The van der Waals surface area contributed by atoms with E-state index in [2.05, 4.69) is 17.0 Å². The smallest absolute Gasteiger partial charge is 0.411 e. The zero-order valence-electron chi connectivity index (χ0n) is 18.9. The summed E-state index contributed by atoms with van der Waals surface area (Å²) in [5, 5.41) is 0. The van der Waals surface area contributed by atoms with E-state index in [9.17, 15) is 14.4 Å². The van der Waals surface area contributed by atoms with Gasteiger partial charge in [0.15, 0.2) is 6.10 Å². The Morgan fingerprint density at radius 3 is 2.26 bits per heavy atom. The van der Waals surface area contributed by atoms with Crippen LogP contribution < -0.4 is 4.90 Å². The van der Waals surface area contributed by atoms with Crippen LogP contribution in [0.3, 0.4) is 0 Å². The maximum atomic E-state index is 12.8. The number of ether oxygens (including phenoxy) is 2. The van der Waals surface area contributed by atoms with Crippen LogP contribution in [0.15, 0.2) is 30.3 Å². The van der Waals surface area contributed by atoms with Gasteiger partial charge in [0, 0.05) is 38.4 Å². The molecule has 2 aliphatic heterocycles. The van der Waals surface area contributed by atoms with Gasteiger partial charge in [-0.1, -0.05) is 18.2 Å². The maximum absolute atomic E-state index is 12.8. The average Bonchev–Trinajstić information content (AvgIpc) is 3.23. The number of esters is 1. The van der Waals surface area contributed by atoms with Gasteiger partial charge in [-0.25, -0.2) is 9.59 Å². The van der Waals surface area contributed by atoms with Crippen molar-refractivity contribution in [3.8, 4) is 0 Å². The summed E-state index contributed by atoms with van der Waals surface area (Å²) in [6.07, 6.45) is -0.211. The minimum absolute atomic E-state index is 0.206. The third-order valence-electron chi connectivity index (χ3n) is 5.51. The van der Waals surface area contributed by atoms with Gasteiger partial charge in [-0.05, 0) is 52.7 Å². The lowest BCUT2D eigenvalue weighted by Gasteiger charge is -2.37. The van der Waals surface area contributed by atoms with E-state index in [4.69, 9.17) is 9.47 Å². The van der Waals surface area contributed by atoms with E-state index in [1.54, 1.807) is 32.6 Å². The summed E-state index contributed by atoms with van der Waals surface area (Å²) in [7, 11) is 0. The van der Waals surface area contributed by atoms with E-state index in [0.29, 0.717) is 32.5 Å². The van der Waals surface area contributed by atoms with Gasteiger partial charge in [0.25, 0.3) is 5.91 Å². The minimum Gasteiger partial charge on any atom is -0.451 e. The number of carbonyl (C=O) groups excluding carboxylic acids is 3. The number of hydrogen-bond acceptors (Lipinski definition) is 6. The van der Waals surface area contributed by atoms with Crippen molar-refractivity contribution in [1.82, 2.24) is 9.80 Å². The molecule has 0 unspecified atom stereocenters. The Morgan fingerprint density at radius 2 is 1.65 bits per heavy atom. The molecule has 0 aliphatic carbocycles. The summed E-state index contributed by atoms with van der Waals surface area (Å²) < 4.78 is 10.9. The molecule has 0 saturated carbocycles. The lowest BCUT2D eigenvalue weighted by molar-refractivity contribution is -0.162. The monoisotopic (exact) mass is 431 g/mol. The van der Waals surface area contributed by atoms with Crippen molar-refractivity contribution in [2.75, 3.05) is 37.6 Å². The van der Waals surface area contributed by atoms with E-state index < -0.39 is 29.8 Å². The standard InChI is InChI=1S/C23H33N3O5/c1-17(20(27)25-15-13-24(14-16-25)18-9-6-5-7-10-18)30-21(28)19-11-8-12-26(19)22(29)31-23(2,3)4/h5-7,9-10,17,19H,8,11-16H2,1-4H3/t17-,19+/m1/s1. The quantitative estimate of drug-likeness (QED) is 0.682. The van der Waals surface area contributed by atoms with Crippen LogP contribution in [-0.2, 0) is 19.1 Å². The molecule has 1 aromatic rings. The topological polar surface area (TPSA) is 79.4 Å². The number of rotatable bonds is 4. The summed E-state index contributed by atoms with van der Waals surface area (Å²) in [4.78, 5) is 43.3. The minimum atomic E-state index is -0.892. The van der Waals surface area contributed by atoms with Crippen LogP contribution in [0.25, 0.3) is 0 Å². The van der Waals surface area contributed by atoms with Crippen molar-refractivity contribution >= 4 is 23.7 Å². The molecule has 2 aliphatic rings. The lowest BCUT2D eigenvalue weighted by Crippen LogP contribution is -2.52. The second kappa shape index (κ2) is 9.58. The molecule has 8 heteroatoms. The summed E-state index contributed by atoms with van der Waals surface area (Å²) >= 11 is 0. The Hall–Kier alpha value is -2.77. The summed E-state index contributed by atoms with van der Waals surface area (Å²) in [6.45, 7) is 9.99. The maximum Gasteiger partial charge on any atom is 0.411 e. The van der Waals surface area contributed by atoms with Crippen LogP contribution in [0, 0.1) is 0 Å². The first-order chi connectivity index (χ1) is 14.7. The number of likely N-dealkylation sites (tertiary alicyclic amines) is 1. The number of amides is 2. The molecule has 8 nitrogen and oxygen atoms in total. The van der Waals surface area contributed by atoms with Crippen LogP contribution in [0.5, 0.6) is 0 Å². The van der Waals surface area contributed by atoms with Gasteiger partial charge in [-0.15, -0.1) is 0 Å². The first-order valence-electron chi connectivity index (χ1n) is 10.9. The number of benzene rings is 1. The lowest BCUT2D eigenvalue weighted by atomic mass is 10.2. The van der Waals surface area contributed by atoms with Gasteiger partial charge in [-0.2, -0.15) is 0 Å². The fourth-order valence-corrected chi connectivity index (χ4v) is 3.93. The first-order valence-corrected chi connectivity index (χ1v) is 10.9. The number of nitrogens with zero attached hydrogens (tertiary/aromatic N) is 3. The van der Waals surface area contributed by atoms with Gasteiger partial charge in [0.05, 0.1) is 0 Å². The third kappa shape index (κ3) is 5.89. The molecule has 2 heterocycles. The highest BCUT2D eigenvalue weighted by molar-refractivity contribution is 5.87. The molecule has 2 amide bonds. The normalized spacial score (nSPS) is 20.4. The molecular formula is C23H33N3O5. The second-order valence-corrected chi connectivity index (χ2v) is 9.06. The largest absolute Gasteiger partial charge is 0.451 e. The highest BCUT2D eigenvalue weighted by atomic mass is 16.6. The second-order valence-electron chi connectivity index (χ2n) is 9.06. The molecule has 31 heavy (non-hydrogen) atoms. The number of hydrogen-bond donors (Lipinski definition) is 0. The molecule has 0 radical (unpaired) electrons. The molecule has 0 spiro atoms. The van der Waals surface area contributed by atoms with Crippen molar-refractivity contribution in [1.29, 1.82) is 0 Å². The zero-order chi connectivity index (χ0) is 22.6. The van der Waals surface area contributed by atoms with E-state index in [0.717, 1.165) is 18.8 Å². The number of para-hydroxylation sites is 1. The molecule has 0 aromatic heterocycles. The summed E-state index contributed by atoms with van der Waals surface area (Å²) in [5.41, 5.74) is 0.497. The molecule has 2 atom stereocenters. The molecule has 2 saturated heterocycles. The number of piperazine rings is 1. The highest BCUT2D eigenvalue weighted by Crippen LogP contribution is 2.23. The van der Waals surface area contributed by atoms with Gasteiger partial charge >= 0.3 is 12.1 Å². The molecule has 170 valence electrons. The average molecular weight is 432 g/mol. The fraction of sp³-hybridized carbons (Fsp3) is 0.609. The van der Waals surface area contributed by atoms with Gasteiger partial charge in [-0.3, -0.25) is 9.69 Å². The van der Waals surface area contributed by atoms with Crippen molar-refractivity contribution < 1.29 is 23.9 Å². The fourth-order valence-electron chi connectivity index (χ4n) is 3.93. The van der Waals surface area contributed by atoms with E-state index in [-0.39, 0.29) is 5.91 Å². The Bertz CT molecular complexity index is 784. The molecule has 0 N–H and O–H groups in total. The van der Waals surface area contributed by atoms with E-state index in [1.165, 1.54) is 4.90 Å². The van der Waals surface area contributed by atoms with Crippen LogP contribution >= 0.6 is 0 Å². The van der Waals surface area contributed by atoms with E-state index >= 15 is 0 Å². The molecule has 3 rings (SSSR count). The molecule has 2 fully saturated rings. The number of carbonyl (C=O) groups is 3. The Morgan fingerprint density at radius 1 is 1.00 bits per heavy atom. The SMILES string of the molecule is C[C@@H](OC(=O)[C@@H]1CCCN1C(=O)OC(C)(C)C)C(=O)N1CCN(c2ccccc2)CC1. The zero-order valence-corrected chi connectivity index (χ0v) is 18.9. The van der Waals surface area contributed by atoms with E-state index in [1.807, 2.05) is 18.2 Å². The predicted molar refractivity (Wildman–Crippen MR) is 117 cm³/mol. The summed E-state index contributed by atoms with van der Waals surface area (Å²) in [5.74, 6) is -0.755. The molecule has 0 bridgehead atoms. The van der Waals surface area contributed by atoms with Gasteiger partial charge in [0.1, 0.15) is 11.6 Å². The van der Waals surface area contributed by atoms with Gasteiger partial charge in [0.2, 0.25) is 0 Å². The van der Waals surface area contributed by atoms with Crippen LogP contribution in [0.2, 0.25) is 0 Å². The highest BCUT2D eigenvalue weighted by Gasteiger charge is 2.39. The van der Waals surface area contributed by atoms with Crippen molar-refractivity contribution in [3.63, 3.8) is 0 Å². The third-order valence-corrected chi connectivity index (χ3v) is 5.51. The van der Waals surface area contributed by atoms with Crippen LogP contribution in [0.1, 0.15) is 40.5 Å². The summed E-state index contributed by atoms with van der Waals surface area (Å²) in [6, 6.07) is 9.38. The van der Waals surface area contributed by atoms with Crippen LogP contribution in [-0.4, -0.2) is 78.2 Å². The van der Waals surface area contributed by atoms with Crippen molar-refractivity contribution in [2.45, 2.75) is 58.3 Å². The van der Waals surface area contributed by atoms with Crippen LogP contribution in [0.4, 0.5) is 10.5 Å². The number of anilines is 1. The Kier molecular flexibility index (Phi) is 7.08. The van der Waals surface area contributed by atoms with Crippen molar-refractivity contribution in [2.24, 2.45) is 0 Å². The predicted octanol–water partition coefficient (Wildman–Crippen LogP) is 2.67. The first kappa shape index (κ1) is 22.9. The Balaban J connectivity index is 1.51. The molecule has 1 aromatic carbocycles. The Labute approximate surface area is 184 Å². The van der Waals surface area contributed by atoms with Gasteiger partial charge < -0.3 is 19.3 Å².